The fraction of sp³-hybridized carbons (Fsp3) is 0.0526. The number of anilines is 2. The van der Waals surface area contributed by atoms with Gasteiger partial charge in [-0.15, -0.1) is 0 Å². The van der Waals surface area contributed by atoms with Crippen LogP contribution in [0, 0.1) is 18.6 Å². The molecule has 2 N–H and O–H groups in total. The molecule has 1 amide bonds. The van der Waals surface area contributed by atoms with Crippen LogP contribution in [-0.2, 0) is 10.0 Å². The Balaban J connectivity index is 1.70. The summed E-state index contributed by atoms with van der Waals surface area (Å²) >= 11 is 0. The molecule has 28 heavy (non-hydrogen) atoms. The number of carbonyl (C=O) groups excluding carboxylic acids is 1. The summed E-state index contributed by atoms with van der Waals surface area (Å²) in [6.45, 7) is 1.81. The maximum atomic E-state index is 13.3. The van der Waals surface area contributed by atoms with Crippen molar-refractivity contribution < 1.29 is 22.0 Å². The van der Waals surface area contributed by atoms with Gasteiger partial charge in [-0.2, -0.15) is 0 Å². The quantitative estimate of drug-likeness (QED) is 0.680. The predicted octanol–water partition coefficient (Wildman–Crippen LogP) is 3.72. The first kappa shape index (κ1) is 19.4. The summed E-state index contributed by atoms with van der Waals surface area (Å²) in [6.07, 6.45) is 1.45. The molecule has 0 bridgehead atoms. The van der Waals surface area contributed by atoms with E-state index < -0.39 is 26.6 Å². The van der Waals surface area contributed by atoms with Crippen molar-refractivity contribution in [2.75, 3.05) is 10.0 Å². The maximum Gasteiger partial charge on any atom is 0.261 e. The van der Waals surface area contributed by atoms with Gasteiger partial charge in [-0.25, -0.2) is 17.2 Å². The zero-order valence-electron chi connectivity index (χ0n) is 14.6. The van der Waals surface area contributed by atoms with Crippen molar-refractivity contribution >= 4 is 27.3 Å². The third kappa shape index (κ3) is 4.49. The molecule has 0 atom stereocenters. The Hall–Kier alpha value is -3.33. The Labute approximate surface area is 160 Å². The highest BCUT2D eigenvalue weighted by Crippen LogP contribution is 2.20. The summed E-state index contributed by atoms with van der Waals surface area (Å²) in [4.78, 5) is 15.8. The molecule has 0 fully saturated rings. The first-order valence-corrected chi connectivity index (χ1v) is 9.55. The van der Waals surface area contributed by atoms with Gasteiger partial charge < -0.3 is 5.32 Å². The lowest BCUT2D eigenvalue weighted by Gasteiger charge is -2.10. The molecule has 0 aliphatic rings. The van der Waals surface area contributed by atoms with Crippen molar-refractivity contribution in [2.45, 2.75) is 11.8 Å². The Bertz CT molecular complexity index is 1120. The summed E-state index contributed by atoms with van der Waals surface area (Å²) in [7, 11) is -4.09. The summed E-state index contributed by atoms with van der Waals surface area (Å²) in [5.74, 6) is -2.75. The van der Waals surface area contributed by atoms with E-state index in [0.29, 0.717) is 17.3 Å². The zero-order valence-corrected chi connectivity index (χ0v) is 15.4. The van der Waals surface area contributed by atoms with E-state index in [1.54, 1.807) is 12.1 Å². The first-order chi connectivity index (χ1) is 13.2. The molecule has 6 nitrogen and oxygen atoms in total. The van der Waals surface area contributed by atoms with E-state index in [9.17, 15) is 22.0 Å². The Morgan fingerprint density at radius 3 is 2.21 bits per heavy atom. The lowest BCUT2D eigenvalue weighted by atomic mass is 10.2. The van der Waals surface area contributed by atoms with Gasteiger partial charge in [0.1, 0.15) is 0 Å². The minimum Gasteiger partial charge on any atom is -0.322 e. The molecule has 9 heteroatoms. The summed E-state index contributed by atoms with van der Waals surface area (Å²) in [5, 5.41) is 2.67. The van der Waals surface area contributed by atoms with E-state index in [1.165, 1.54) is 30.5 Å². The second-order valence-corrected chi connectivity index (χ2v) is 7.58. The number of rotatable bonds is 5. The number of halogens is 2. The van der Waals surface area contributed by atoms with Gasteiger partial charge in [0.15, 0.2) is 11.6 Å². The smallest absolute Gasteiger partial charge is 0.261 e. The summed E-state index contributed by atoms with van der Waals surface area (Å²) in [5.41, 5.74) is 1.81. The van der Waals surface area contributed by atoms with E-state index in [2.05, 4.69) is 15.0 Å². The van der Waals surface area contributed by atoms with E-state index in [-0.39, 0.29) is 11.6 Å². The van der Waals surface area contributed by atoms with Crippen molar-refractivity contribution in [3.05, 3.63) is 83.7 Å². The van der Waals surface area contributed by atoms with Crippen molar-refractivity contribution in [1.29, 1.82) is 0 Å². The number of nitrogens with one attached hydrogen (secondary N) is 2. The molecule has 0 spiro atoms. The fourth-order valence-corrected chi connectivity index (χ4v) is 3.36. The molecule has 0 aliphatic carbocycles. The van der Waals surface area contributed by atoms with Crippen molar-refractivity contribution in [1.82, 2.24) is 4.98 Å². The molecular weight excluding hydrogens is 388 g/mol. The van der Waals surface area contributed by atoms with Crippen molar-refractivity contribution in [3.63, 3.8) is 0 Å². The van der Waals surface area contributed by atoms with Crippen LogP contribution in [0.5, 0.6) is 0 Å². The van der Waals surface area contributed by atoms with Crippen LogP contribution >= 0.6 is 0 Å². The van der Waals surface area contributed by atoms with E-state index >= 15 is 0 Å². The molecular formula is C19H15F2N3O3S. The number of hydrogen-bond donors (Lipinski definition) is 2. The molecule has 1 heterocycles. The highest BCUT2D eigenvalue weighted by Gasteiger charge is 2.17. The fourth-order valence-electron chi connectivity index (χ4n) is 2.29. The standard InChI is InChI=1S/C19H15F2N3O3S/c1-12-2-3-13(11-22-12)19(25)23-14-4-6-15(7-5-14)24-28(26,27)16-8-9-17(20)18(21)10-16/h2-11,24H,1H3,(H,23,25). The van der Waals surface area contributed by atoms with Gasteiger partial charge in [0, 0.05) is 23.3 Å². The number of hydrogen-bond acceptors (Lipinski definition) is 4. The average molecular weight is 403 g/mol. The molecule has 0 aliphatic heterocycles. The number of aryl methyl sites for hydroxylation is 1. The van der Waals surface area contributed by atoms with Crippen LogP contribution in [0.15, 0.2) is 65.7 Å². The number of benzene rings is 2. The van der Waals surface area contributed by atoms with Gasteiger partial charge in [0.25, 0.3) is 15.9 Å². The second-order valence-electron chi connectivity index (χ2n) is 5.90. The molecule has 0 saturated carbocycles. The van der Waals surface area contributed by atoms with Gasteiger partial charge in [0.2, 0.25) is 0 Å². The first-order valence-electron chi connectivity index (χ1n) is 8.06. The highest BCUT2D eigenvalue weighted by atomic mass is 32.2. The number of pyridine rings is 1. The van der Waals surface area contributed by atoms with Crippen LogP contribution in [0.25, 0.3) is 0 Å². The van der Waals surface area contributed by atoms with Gasteiger partial charge in [-0.05, 0) is 61.5 Å². The summed E-state index contributed by atoms with van der Waals surface area (Å²) in [6, 6.07) is 11.5. The zero-order chi connectivity index (χ0) is 20.3. The third-order valence-electron chi connectivity index (χ3n) is 3.77. The normalized spacial score (nSPS) is 11.1. The largest absolute Gasteiger partial charge is 0.322 e. The topological polar surface area (TPSA) is 88.2 Å². The van der Waals surface area contributed by atoms with Crippen LogP contribution in [0.4, 0.5) is 20.2 Å². The number of amides is 1. The Morgan fingerprint density at radius 1 is 0.929 bits per heavy atom. The molecule has 3 rings (SSSR count). The lowest BCUT2D eigenvalue weighted by molar-refractivity contribution is 0.102. The minimum absolute atomic E-state index is 0.194. The molecule has 3 aromatic rings. The van der Waals surface area contributed by atoms with Crippen LogP contribution in [0.3, 0.4) is 0 Å². The van der Waals surface area contributed by atoms with E-state index in [1.807, 2.05) is 6.92 Å². The van der Waals surface area contributed by atoms with Gasteiger partial charge >= 0.3 is 0 Å². The van der Waals surface area contributed by atoms with Crippen molar-refractivity contribution in [2.24, 2.45) is 0 Å². The monoisotopic (exact) mass is 403 g/mol. The SMILES string of the molecule is Cc1ccc(C(=O)Nc2ccc(NS(=O)(=O)c3ccc(F)c(F)c3)cc2)cn1. The molecule has 2 aromatic carbocycles. The Kier molecular flexibility index (Phi) is 5.36. The third-order valence-corrected chi connectivity index (χ3v) is 5.15. The molecule has 0 saturated heterocycles. The molecule has 0 unspecified atom stereocenters. The number of nitrogens with zero attached hydrogens (tertiary/aromatic N) is 1. The van der Waals surface area contributed by atoms with Crippen LogP contribution in [-0.4, -0.2) is 19.3 Å². The molecule has 144 valence electrons. The molecule has 0 radical (unpaired) electrons. The number of carbonyl (C=O) groups is 1. The second kappa shape index (κ2) is 7.73. The Morgan fingerprint density at radius 2 is 1.61 bits per heavy atom. The average Bonchev–Trinajstić information content (AvgIpc) is 2.65. The highest BCUT2D eigenvalue weighted by molar-refractivity contribution is 7.92. The molecule has 1 aromatic heterocycles. The van der Waals surface area contributed by atoms with Gasteiger partial charge in [0.05, 0.1) is 10.5 Å². The van der Waals surface area contributed by atoms with Gasteiger partial charge in [-0.1, -0.05) is 0 Å². The number of sulfonamides is 1. The van der Waals surface area contributed by atoms with Crippen LogP contribution in [0.2, 0.25) is 0 Å². The lowest BCUT2D eigenvalue weighted by Crippen LogP contribution is -2.14. The van der Waals surface area contributed by atoms with E-state index in [0.717, 1.165) is 17.8 Å². The van der Waals surface area contributed by atoms with Crippen molar-refractivity contribution in [3.8, 4) is 0 Å². The van der Waals surface area contributed by atoms with Crippen LogP contribution < -0.4 is 10.0 Å². The predicted molar refractivity (Wildman–Crippen MR) is 101 cm³/mol. The van der Waals surface area contributed by atoms with Gasteiger partial charge in [-0.3, -0.25) is 14.5 Å². The van der Waals surface area contributed by atoms with Crippen LogP contribution in [0.1, 0.15) is 16.1 Å². The minimum atomic E-state index is -4.09. The van der Waals surface area contributed by atoms with E-state index in [4.69, 9.17) is 0 Å². The summed E-state index contributed by atoms with van der Waals surface area (Å²) < 4.78 is 53.0. The number of aromatic nitrogens is 1. The maximum absolute atomic E-state index is 13.3.